The Bertz CT molecular complexity index is 775. The number of fused-ring (bicyclic) bond motifs is 1. The van der Waals surface area contributed by atoms with Crippen molar-refractivity contribution in [1.29, 1.82) is 0 Å². The molecule has 2 heterocycles. The van der Waals surface area contributed by atoms with Gasteiger partial charge in [0.05, 0.1) is 0 Å². The highest BCUT2D eigenvalue weighted by Gasteiger charge is 2.30. The first kappa shape index (κ1) is 18.2. The summed E-state index contributed by atoms with van der Waals surface area (Å²) in [5, 5.41) is 0. The van der Waals surface area contributed by atoms with Crippen molar-refractivity contribution >= 4 is 5.91 Å². The Morgan fingerprint density at radius 1 is 0.926 bits per heavy atom. The predicted molar refractivity (Wildman–Crippen MR) is 109 cm³/mol. The van der Waals surface area contributed by atoms with Gasteiger partial charge in [-0.25, -0.2) is 0 Å². The van der Waals surface area contributed by atoms with E-state index in [0.717, 1.165) is 58.4 Å². The summed E-state index contributed by atoms with van der Waals surface area (Å²) >= 11 is 0. The Kier molecular flexibility index (Phi) is 5.58. The van der Waals surface area contributed by atoms with E-state index in [4.69, 9.17) is 0 Å². The monoisotopic (exact) mass is 362 g/mol. The Labute approximate surface area is 163 Å². The van der Waals surface area contributed by atoms with Gasteiger partial charge in [0.25, 0.3) is 0 Å². The number of likely N-dealkylation sites (tertiary alicyclic amines) is 1. The van der Waals surface area contributed by atoms with Gasteiger partial charge in [-0.2, -0.15) is 0 Å². The van der Waals surface area contributed by atoms with Crippen molar-refractivity contribution in [3.63, 3.8) is 0 Å². The van der Waals surface area contributed by atoms with E-state index in [9.17, 15) is 4.79 Å². The first-order chi connectivity index (χ1) is 13.2. The van der Waals surface area contributed by atoms with Crippen molar-refractivity contribution in [2.24, 2.45) is 5.92 Å². The van der Waals surface area contributed by atoms with Gasteiger partial charge >= 0.3 is 0 Å². The van der Waals surface area contributed by atoms with Gasteiger partial charge in [0.2, 0.25) is 5.91 Å². The topological polar surface area (TPSA) is 23.6 Å². The van der Waals surface area contributed by atoms with Crippen LogP contribution >= 0.6 is 0 Å². The lowest BCUT2D eigenvalue weighted by atomic mass is 9.93. The first-order valence-corrected chi connectivity index (χ1v) is 10.4. The number of nitrogens with zero attached hydrogens (tertiary/aromatic N) is 2. The molecule has 0 atom stereocenters. The van der Waals surface area contributed by atoms with Gasteiger partial charge in [-0.15, -0.1) is 0 Å². The average Bonchev–Trinajstić information content (AvgIpc) is 2.74. The molecule has 2 aromatic carbocycles. The number of piperidine rings is 1. The van der Waals surface area contributed by atoms with Gasteiger partial charge in [0, 0.05) is 25.6 Å². The van der Waals surface area contributed by atoms with Crippen LogP contribution in [0.15, 0.2) is 48.5 Å². The number of hydrogen-bond acceptors (Lipinski definition) is 2. The molecular weight excluding hydrogens is 332 g/mol. The molecule has 1 saturated heterocycles. The fourth-order valence-corrected chi connectivity index (χ4v) is 4.42. The third kappa shape index (κ3) is 4.24. The van der Waals surface area contributed by atoms with E-state index in [2.05, 4.69) is 65.3 Å². The molecule has 142 valence electrons. The zero-order chi connectivity index (χ0) is 18.6. The van der Waals surface area contributed by atoms with Crippen LogP contribution in [0.1, 0.15) is 42.0 Å². The van der Waals surface area contributed by atoms with E-state index >= 15 is 0 Å². The van der Waals surface area contributed by atoms with Crippen molar-refractivity contribution in [2.75, 3.05) is 19.6 Å². The second-order valence-corrected chi connectivity index (χ2v) is 8.00. The SMILES string of the molecule is CCc1ccc(CN2CCC(C(=O)N3CCc4ccccc4C3)CC2)cc1. The standard InChI is InChI=1S/C24H30N2O/c1-2-19-7-9-20(10-8-19)17-25-14-11-22(12-15-25)24(27)26-16-13-21-5-3-4-6-23(21)18-26/h3-10,22H,2,11-18H2,1H3. The summed E-state index contributed by atoms with van der Waals surface area (Å²) < 4.78 is 0. The maximum atomic E-state index is 13.0. The number of amides is 1. The van der Waals surface area contributed by atoms with E-state index in [0.29, 0.717) is 5.91 Å². The quantitative estimate of drug-likeness (QED) is 0.819. The number of rotatable bonds is 4. The molecule has 0 aromatic heterocycles. The molecule has 0 bridgehead atoms. The van der Waals surface area contributed by atoms with Crippen molar-refractivity contribution in [3.8, 4) is 0 Å². The van der Waals surface area contributed by atoms with Gasteiger partial charge in [-0.1, -0.05) is 55.5 Å². The van der Waals surface area contributed by atoms with Crippen molar-refractivity contribution in [1.82, 2.24) is 9.80 Å². The molecule has 2 aliphatic heterocycles. The van der Waals surface area contributed by atoms with Gasteiger partial charge in [0.1, 0.15) is 0 Å². The maximum Gasteiger partial charge on any atom is 0.226 e. The van der Waals surface area contributed by atoms with Gasteiger partial charge in [-0.05, 0) is 61.0 Å². The lowest BCUT2D eigenvalue weighted by molar-refractivity contribution is -0.138. The van der Waals surface area contributed by atoms with Crippen LogP contribution in [0.5, 0.6) is 0 Å². The van der Waals surface area contributed by atoms with Crippen molar-refractivity contribution in [2.45, 2.75) is 45.7 Å². The zero-order valence-electron chi connectivity index (χ0n) is 16.4. The molecule has 4 rings (SSSR count). The molecule has 3 heteroatoms. The lowest BCUT2D eigenvalue weighted by Crippen LogP contribution is -2.44. The average molecular weight is 363 g/mol. The third-order valence-electron chi connectivity index (χ3n) is 6.22. The molecule has 1 amide bonds. The highest BCUT2D eigenvalue weighted by molar-refractivity contribution is 5.79. The molecule has 0 saturated carbocycles. The van der Waals surface area contributed by atoms with Crippen LogP contribution in [0, 0.1) is 5.92 Å². The molecule has 1 fully saturated rings. The number of aryl methyl sites for hydroxylation is 1. The van der Waals surface area contributed by atoms with Crippen LogP contribution in [0.25, 0.3) is 0 Å². The summed E-state index contributed by atoms with van der Waals surface area (Å²) in [6.45, 7) is 6.91. The third-order valence-corrected chi connectivity index (χ3v) is 6.22. The van der Waals surface area contributed by atoms with E-state index in [1.807, 2.05) is 0 Å². The molecule has 2 aromatic rings. The minimum absolute atomic E-state index is 0.203. The summed E-state index contributed by atoms with van der Waals surface area (Å²) in [5.41, 5.74) is 5.51. The van der Waals surface area contributed by atoms with Gasteiger partial charge in [-0.3, -0.25) is 9.69 Å². The summed E-state index contributed by atoms with van der Waals surface area (Å²) in [7, 11) is 0. The van der Waals surface area contributed by atoms with E-state index in [-0.39, 0.29) is 5.92 Å². The van der Waals surface area contributed by atoms with Crippen LogP contribution in [0.3, 0.4) is 0 Å². The van der Waals surface area contributed by atoms with E-state index in [1.165, 1.54) is 22.3 Å². The molecule has 0 unspecified atom stereocenters. The molecule has 0 N–H and O–H groups in total. The highest BCUT2D eigenvalue weighted by atomic mass is 16.2. The van der Waals surface area contributed by atoms with Crippen LogP contribution in [0.4, 0.5) is 0 Å². The maximum absolute atomic E-state index is 13.0. The molecule has 27 heavy (non-hydrogen) atoms. The largest absolute Gasteiger partial charge is 0.338 e. The van der Waals surface area contributed by atoms with Crippen LogP contribution in [-0.2, 0) is 30.7 Å². The van der Waals surface area contributed by atoms with Gasteiger partial charge < -0.3 is 4.90 Å². The molecule has 0 spiro atoms. The summed E-state index contributed by atoms with van der Waals surface area (Å²) in [6.07, 6.45) is 4.07. The van der Waals surface area contributed by atoms with Crippen LogP contribution in [-0.4, -0.2) is 35.3 Å². The minimum atomic E-state index is 0.203. The summed E-state index contributed by atoms with van der Waals surface area (Å²) in [4.78, 5) is 17.6. The number of benzene rings is 2. The summed E-state index contributed by atoms with van der Waals surface area (Å²) in [6, 6.07) is 17.5. The Balaban J connectivity index is 1.29. The van der Waals surface area contributed by atoms with Crippen molar-refractivity contribution in [3.05, 3.63) is 70.8 Å². The highest BCUT2D eigenvalue weighted by Crippen LogP contribution is 2.25. The number of hydrogen-bond donors (Lipinski definition) is 0. The molecule has 3 nitrogen and oxygen atoms in total. The Morgan fingerprint density at radius 2 is 1.59 bits per heavy atom. The van der Waals surface area contributed by atoms with E-state index < -0.39 is 0 Å². The predicted octanol–water partition coefficient (Wildman–Crippen LogP) is 4.05. The minimum Gasteiger partial charge on any atom is -0.338 e. The molecule has 2 aliphatic rings. The number of carbonyl (C=O) groups is 1. The molecule has 0 aliphatic carbocycles. The zero-order valence-corrected chi connectivity index (χ0v) is 16.4. The fourth-order valence-electron chi connectivity index (χ4n) is 4.42. The normalized spacial score (nSPS) is 18.3. The second kappa shape index (κ2) is 8.26. The molecular formula is C24H30N2O. The summed E-state index contributed by atoms with van der Waals surface area (Å²) in [5.74, 6) is 0.574. The lowest BCUT2D eigenvalue weighted by Gasteiger charge is -2.36. The van der Waals surface area contributed by atoms with E-state index in [1.54, 1.807) is 0 Å². The first-order valence-electron chi connectivity index (χ1n) is 10.4. The smallest absolute Gasteiger partial charge is 0.226 e. The van der Waals surface area contributed by atoms with Crippen molar-refractivity contribution < 1.29 is 4.79 Å². The number of carbonyl (C=O) groups excluding carboxylic acids is 1. The second-order valence-electron chi connectivity index (χ2n) is 8.00. The Morgan fingerprint density at radius 3 is 2.30 bits per heavy atom. The van der Waals surface area contributed by atoms with Gasteiger partial charge in [0.15, 0.2) is 0 Å². The Hall–Kier alpha value is -2.13. The molecule has 0 radical (unpaired) electrons. The van der Waals surface area contributed by atoms with Crippen LogP contribution < -0.4 is 0 Å². The fraction of sp³-hybridized carbons (Fsp3) is 0.458. The van der Waals surface area contributed by atoms with Crippen LogP contribution in [0.2, 0.25) is 0 Å².